The van der Waals surface area contributed by atoms with Gasteiger partial charge in [0, 0.05) is 18.3 Å². The maximum atomic E-state index is 13.4. The first-order chi connectivity index (χ1) is 13.3. The largest absolute Gasteiger partial charge is 0.435 e. The van der Waals surface area contributed by atoms with Crippen LogP contribution in [0.25, 0.3) is 11.3 Å². The van der Waals surface area contributed by atoms with Gasteiger partial charge in [0.05, 0.1) is 17.6 Å². The van der Waals surface area contributed by atoms with E-state index in [1.54, 1.807) is 0 Å². The van der Waals surface area contributed by atoms with Crippen LogP contribution >= 0.6 is 0 Å². The van der Waals surface area contributed by atoms with Crippen molar-refractivity contribution in [1.29, 1.82) is 0 Å². The second-order valence-electron chi connectivity index (χ2n) is 6.82. The number of halogens is 4. The van der Waals surface area contributed by atoms with Crippen molar-refractivity contribution in [2.24, 2.45) is 5.92 Å². The Hall–Kier alpha value is -2.71. The van der Waals surface area contributed by atoms with Gasteiger partial charge in [-0.25, -0.2) is 14.2 Å². The van der Waals surface area contributed by atoms with Crippen molar-refractivity contribution in [2.45, 2.75) is 38.3 Å². The molecule has 1 aliphatic carbocycles. The molecule has 0 bridgehead atoms. The first kappa shape index (κ1) is 20.0. The highest BCUT2D eigenvalue weighted by Crippen LogP contribution is 2.35. The molecule has 5 nitrogen and oxygen atoms in total. The van der Waals surface area contributed by atoms with E-state index in [-0.39, 0.29) is 11.3 Å². The minimum Gasteiger partial charge on any atom is -0.338 e. The van der Waals surface area contributed by atoms with Crippen LogP contribution in [0.4, 0.5) is 28.0 Å². The van der Waals surface area contributed by atoms with Crippen molar-refractivity contribution in [2.75, 3.05) is 11.9 Å². The van der Waals surface area contributed by atoms with Gasteiger partial charge >= 0.3 is 12.2 Å². The number of anilines is 1. The van der Waals surface area contributed by atoms with Gasteiger partial charge in [0.2, 0.25) is 0 Å². The number of amides is 2. The SMILES string of the molecule is O=C(NCC1CCCCC1)Nc1ccc(-c2cncc(F)c2)nc1C(F)(F)F. The number of carbonyl (C=O) groups is 1. The predicted octanol–water partition coefficient (Wildman–Crippen LogP) is 5.00. The average Bonchev–Trinajstić information content (AvgIpc) is 2.67. The molecular weight excluding hydrogens is 376 g/mol. The molecule has 150 valence electrons. The van der Waals surface area contributed by atoms with Crippen molar-refractivity contribution < 1.29 is 22.4 Å². The number of aromatic nitrogens is 2. The smallest absolute Gasteiger partial charge is 0.338 e. The molecule has 2 aromatic rings. The first-order valence-electron chi connectivity index (χ1n) is 9.07. The number of carbonyl (C=O) groups excluding carboxylic acids is 1. The Morgan fingerprint density at radius 3 is 2.57 bits per heavy atom. The molecule has 1 fully saturated rings. The van der Waals surface area contributed by atoms with Gasteiger partial charge in [0.25, 0.3) is 0 Å². The highest BCUT2D eigenvalue weighted by Gasteiger charge is 2.36. The van der Waals surface area contributed by atoms with Crippen molar-refractivity contribution in [3.8, 4) is 11.3 Å². The summed E-state index contributed by atoms with van der Waals surface area (Å²) in [7, 11) is 0. The molecule has 0 aliphatic heterocycles. The van der Waals surface area contributed by atoms with Crippen LogP contribution in [0.2, 0.25) is 0 Å². The Labute approximate surface area is 159 Å². The summed E-state index contributed by atoms with van der Waals surface area (Å²) >= 11 is 0. The normalized spacial score (nSPS) is 15.3. The molecule has 3 rings (SSSR count). The minimum atomic E-state index is -4.79. The van der Waals surface area contributed by atoms with Crippen LogP contribution in [0.1, 0.15) is 37.8 Å². The number of nitrogens with zero attached hydrogens (tertiary/aromatic N) is 2. The number of pyridine rings is 2. The first-order valence-corrected chi connectivity index (χ1v) is 9.07. The van der Waals surface area contributed by atoms with E-state index in [1.807, 2.05) is 0 Å². The van der Waals surface area contributed by atoms with E-state index in [2.05, 4.69) is 20.6 Å². The molecule has 1 saturated carbocycles. The molecule has 0 unspecified atom stereocenters. The van der Waals surface area contributed by atoms with Crippen LogP contribution in [-0.2, 0) is 6.18 Å². The zero-order valence-corrected chi connectivity index (χ0v) is 15.0. The van der Waals surface area contributed by atoms with Crippen molar-refractivity contribution >= 4 is 11.7 Å². The van der Waals surface area contributed by atoms with Crippen LogP contribution < -0.4 is 10.6 Å². The summed E-state index contributed by atoms with van der Waals surface area (Å²) in [6.45, 7) is 0.424. The quantitative estimate of drug-likeness (QED) is 0.715. The van der Waals surface area contributed by atoms with Gasteiger partial charge in [-0.1, -0.05) is 19.3 Å². The zero-order valence-electron chi connectivity index (χ0n) is 15.0. The van der Waals surface area contributed by atoms with E-state index in [1.165, 1.54) is 18.7 Å². The number of alkyl halides is 3. The van der Waals surface area contributed by atoms with E-state index in [0.29, 0.717) is 12.5 Å². The number of nitrogens with one attached hydrogen (secondary N) is 2. The Balaban J connectivity index is 1.75. The predicted molar refractivity (Wildman–Crippen MR) is 96.0 cm³/mol. The number of hydrogen-bond acceptors (Lipinski definition) is 3. The Morgan fingerprint density at radius 1 is 1.14 bits per heavy atom. The fraction of sp³-hybridized carbons (Fsp3) is 0.421. The molecule has 9 heteroatoms. The molecule has 0 aromatic carbocycles. The second-order valence-corrected chi connectivity index (χ2v) is 6.82. The van der Waals surface area contributed by atoms with Gasteiger partial charge in [-0.05, 0) is 37.0 Å². The van der Waals surface area contributed by atoms with Gasteiger partial charge in [0.15, 0.2) is 5.69 Å². The average molecular weight is 396 g/mol. The molecule has 1 aliphatic rings. The molecule has 28 heavy (non-hydrogen) atoms. The Morgan fingerprint density at radius 2 is 1.89 bits per heavy atom. The monoisotopic (exact) mass is 396 g/mol. The summed E-state index contributed by atoms with van der Waals surface area (Å²) in [5.41, 5.74) is -1.69. The molecule has 2 N–H and O–H groups in total. The second kappa shape index (κ2) is 8.53. The fourth-order valence-electron chi connectivity index (χ4n) is 3.28. The lowest BCUT2D eigenvalue weighted by atomic mass is 9.89. The highest BCUT2D eigenvalue weighted by molar-refractivity contribution is 5.90. The molecule has 0 spiro atoms. The third-order valence-corrected chi connectivity index (χ3v) is 4.69. The lowest BCUT2D eigenvalue weighted by Gasteiger charge is -2.22. The summed E-state index contributed by atoms with van der Waals surface area (Å²) in [6, 6.07) is 2.72. The minimum absolute atomic E-state index is 0.0903. The van der Waals surface area contributed by atoms with Crippen LogP contribution in [0, 0.1) is 11.7 Å². The fourth-order valence-corrected chi connectivity index (χ4v) is 3.28. The lowest BCUT2D eigenvalue weighted by Crippen LogP contribution is -2.34. The summed E-state index contributed by atoms with van der Waals surface area (Å²) in [4.78, 5) is 19.3. The Bertz CT molecular complexity index is 835. The van der Waals surface area contributed by atoms with Gasteiger partial charge in [-0.15, -0.1) is 0 Å². The van der Waals surface area contributed by atoms with Crippen molar-refractivity contribution in [3.05, 3.63) is 42.1 Å². The van der Waals surface area contributed by atoms with Crippen LogP contribution in [0.15, 0.2) is 30.6 Å². The van der Waals surface area contributed by atoms with Crippen molar-refractivity contribution in [3.63, 3.8) is 0 Å². The number of hydrogen-bond donors (Lipinski definition) is 2. The maximum Gasteiger partial charge on any atom is 0.435 e. The summed E-state index contributed by atoms with van der Waals surface area (Å²) in [5, 5.41) is 4.85. The van der Waals surface area contributed by atoms with E-state index in [4.69, 9.17) is 0 Å². The highest BCUT2D eigenvalue weighted by atomic mass is 19.4. The molecule has 2 heterocycles. The molecule has 2 amide bonds. The van der Waals surface area contributed by atoms with E-state index in [0.717, 1.165) is 44.0 Å². The van der Waals surface area contributed by atoms with E-state index >= 15 is 0 Å². The standard InChI is InChI=1S/C19H20F4N4O/c20-14-8-13(10-24-11-14)15-6-7-16(17(26-15)19(21,22)23)27-18(28)25-9-12-4-2-1-3-5-12/h6-8,10-12H,1-5,9H2,(H2,25,27,28). The molecule has 0 radical (unpaired) electrons. The number of urea groups is 1. The van der Waals surface area contributed by atoms with E-state index in [9.17, 15) is 22.4 Å². The van der Waals surface area contributed by atoms with Gasteiger partial charge in [0.1, 0.15) is 5.82 Å². The molecular formula is C19H20F4N4O. The summed E-state index contributed by atoms with van der Waals surface area (Å²) < 4.78 is 53.6. The lowest BCUT2D eigenvalue weighted by molar-refractivity contribution is -0.140. The maximum absolute atomic E-state index is 13.4. The number of rotatable bonds is 4. The topological polar surface area (TPSA) is 66.9 Å². The Kier molecular flexibility index (Phi) is 6.11. The third kappa shape index (κ3) is 5.17. The molecule has 2 aromatic heterocycles. The van der Waals surface area contributed by atoms with Crippen LogP contribution in [0.5, 0.6) is 0 Å². The summed E-state index contributed by atoms with van der Waals surface area (Å²) in [5.74, 6) is -0.334. The van der Waals surface area contributed by atoms with Crippen molar-refractivity contribution in [1.82, 2.24) is 15.3 Å². The molecule has 0 atom stereocenters. The molecule has 0 saturated heterocycles. The van der Waals surface area contributed by atoms with Crippen LogP contribution in [0.3, 0.4) is 0 Å². The van der Waals surface area contributed by atoms with Gasteiger partial charge in [-0.3, -0.25) is 4.98 Å². The zero-order chi connectivity index (χ0) is 20.1. The van der Waals surface area contributed by atoms with Crippen LogP contribution in [-0.4, -0.2) is 22.5 Å². The van der Waals surface area contributed by atoms with E-state index < -0.39 is 29.4 Å². The van der Waals surface area contributed by atoms with Gasteiger partial charge < -0.3 is 10.6 Å². The van der Waals surface area contributed by atoms with Gasteiger partial charge in [-0.2, -0.15) is 13.2 Å². The summed E-state index contributed by atoms with van der Waals surface area (Å²) in [6.07, 6.45) is 2.77. The third-order valence-electron chi connectivity index (χ3n) is 4.69.